The van der Waals surface area contributed by atoms with Crippen LogP contribution in [0.4, 0.5) is 0 Å². The molecule has 0 radical (unpaired) electrons. The van der Waals surface area contributed by atoms with Crippen LogP contribution in [0.2, 0.25) is 0 Å². The Morgan fingerprint density at radius 3 is 2.31 bits per heavy atom. The lowest BCUT2D eigenvalue weighted by molar-refractivity contribution is 0.175. The quantitative estimate of drug-likeness (QED) is 0.290. The van der Waals surface area contributed by atoms with Gasteiger partial charge in [0.25, 0.3) is 0 Å². The van der Waals surface area contributed by atoms with E-state index < -0.39 is 0 Å². The van der Waals surface area contributed by atoms with Crippen molar-refractivity contribution in [2.45, 2.75) is 53.0 Å². The first kappa shape index (κ1) is 15.2. The number of hydrogen-bond donors (Lipinski definition) is 2. The average molecular weight is 229 g/mol. The van der Waals surface area contributed by atoms with Crippen molar-refractivity contribution in [1.82, 2.24) is 4.90 Å². The maximum atomic E-state index is 8.61. The SMILES string of the molecule is CCC(C)CN(CC)C(CC)CC(N)=NO. The Morgan fingerprint density at radius 2 is 1.94 bits per heavy atom. The van der Waals surface area contributed by atoms with Gasteiger partial charge < -0.3 is 10.9 Å². The Bertz CT molecular complexity index is 206. The first-order valence-electron chi connectivity index (χ1n) is 6.29. The summed E-state index contributed by atoms with van der Waals surface area (Å²) in [6.45, 7) is 10.9. The largest absolute Gasteiger partial charge is 0.409 e. The molecule has 0 aliphatic rings. The smallest absolute Gasteiger partial charge is 0.140 e. The number of rotatable bonds is 8. The van der Waals surface area contributed by atoms with E-state index in [2.05, 4.69) is 37.8 Å². The number of hydrogen-bond acceptors (Lipinski definition) is 3. The van der Waals surface area contributed by atoms with Crippen LogP contribution in [0, 0.1) is 5.92 Å². The molecule has 0 spiro atoms. The summed E-state index contributed by atoms with van der Waals surface area (Å²) in [5.74, 6) is 1.02. The number of amidine groups is 1. The standard InChI is InChI=1S/C12H27N3O/c1-5-10(4)9-15(7-3)11(6-2)8-12(13)14-16/h10-11,16H,5-9H2,1-4H3,(H2,13,14). The fraction of sp³-hybridized carbons (Fsp3) is 0.917. The first-order chi connectivity index (χ1) is 7.58. The first-order valence-corrected chi connectivity index (χ1v) is 6.29. The van der Waals surface area contributed by atoms with Crippen molar-refractivity contribution in [3.63, 3.8) is 0 Å². The van der Waals surface area contributed by atoms with Gasteiger partial charge in [0.2, 0.25) is 0 Å². The van der Waals surface area contributed by atoms with Gasteiger partial charge in [-0.25, -0.2) is 0 Å². The lowest BCUT2D eigenvalue weighted by atomic mass is 10.0. The van der Waals surface area contributed by atoms with Gasteiger partial charge in [-0.15, -0.1) is 0 Å². The summed E-state index contributed by atoms with van der Waals surface area (Å²) in [4.78, 5) is 2.42. The van der Waals surface area contributed by atoms with Gasteiger partial charge in [0.1, 0.15) is 5.84 Å². The van der Waals surface area contributed by atoms with E-state index in [1.165, 1.54) is 6.42 Å². The molecule has 4 heteroatoms. The molecule has 0 aliphatic carbocycles. The van der Waals surface area contributed by atoms with Crippen LogP contribution in [0.15, 0.2) is 5.16 Å². The number of nitrogens with zero attached hydrogens (tertiary/aromatic N) is 2. The summed E-state index contributed by atoms with van der Waals surface area (Å²) in [6.07, 6.45) is 2.87. The van der Waals surface area contributed by atoms with E-state index in [0.29, 0.717) is 24.2 Å². The molecule has 0 bridgehead atoms. The summed E-state index contributed by atoms with van der Waals surface area (Å²) in [5.41, 5.74) is 5.58. The Morgan fingerprint density at radius 1 is 1.31 bits per heavy atom. The minimum Gasteiger partial charge on any atom is -0.409 e. The van der Waals surface area contributed by atoms with E-state index in [1.54, 1.807) is 0 Å². The lowest BCUT2D eigenvalue weighted by Gasteiger charge is -2.31. The minimum absolute atomic E-state index is 0.328. The number of nitrogens with two attached hydrogens (primary N) is 1. The van der Waals surface area contributed by atoms with Crippen molar-refractivity contribution >= 4 is 5.84 Å². The maximum absolute atomic E-state index is 8.61. The Kier molecular flexibility index (Phi) is 7.99. The van der Waals surface area contributed by atoms with E-state index in [9.17, 15) is 0 Å². The second-order valence-electron chi connectivity index (χ2n) is 4.46. The molecule has 0 saturated heterocycles. The highest BCUT2D eigenvalue weighted by molar-refractivity contribution is 5.80. The Hall–Kier alpha value is -0.770. The van der Waals surface area contributed by atoms with Gasteiger partial charge in [0.15, 0.2) is 0 Å². The van der Waals surface area contributed by atoms with Crippen LogP contribution in [-0.4, -0.2) is 35.1 Å². The maximum Gasteiger partial charge on any atom is 0.140 e. The van der Waals surface area contributed by atoms with Crippen molar-refractivity contribution in [3.05, 3.63) is 0 Å². The van der Waals surface area contributed by atoms with Crippen LogP contribution >= 0.6 is 0 Å². The normalized spacial score (nSPS) is 16.4. The highest BCUT2D eigenvalue weighted by Gasteiger charge is 2.18. The summed E-state index contributed by atoms with van der Waals surface area (Å²) >= 11 is 0. The third-order valence-corrected chi connectivity index (χ3v) is 3.21. The highest BCUT2D eigenvalue weighted by Crippen LogP contribution is 2.13. The van der Waals surface area contributed by atoms with Crippen LogP contribution < -0.4 is 5.73 Å². The van der Waals surface area contributed by atoms with Gasteiger partial charge in [-0.05, 0) is 18.9 Å². The van der Waals surface area contributed by atoms with Crippen molar-refractivity contribution in [2.75, 3.05) is 13.1 Å². The predicted octanol–water partition coefficient (Wildman–Crippen LogP) is 2.27. The van der Waals surface area contributed by atoms with Crippen LogP contribution in [0.25, 0.3) is 0 Å². The molecule has 0 saturated carbocycles. The predicted molar refractivity (Wildman–Crippen MR) is 68.8 cm³/mol. The summed E-state index contributed by atoms with van der Waals surface area (Å²) < 4.78 is 0. The topological polar surface area (TPSA) is 61.8 Å². The number of oxime groups is 1. The molecular weight excluding hydrogens is 202 g/mol. The van der Waals surface area contributed by atoms with Gasteiger partial charge in [-0.3, -0.25) is 4.90 Å². The molecule has 0 aromatic rings. The molecule has 16 heavy (non-hydrogen) atoms. The van der Waals surface area contributed by atoms with Gasteiger partial charge in [-0.1, -0.05) is 39.3 Å². The molecule has 3 N–H and O–H groups in total. The Labute approximate surface area is 99.5 Å². The highest BCUT2D eigenvalue weighted by atomic mass is 16.4. The van der Waals surface area contributed by atoms with E-state index in [1.807, 2.05) is 0 Å². The van der Waals surface area contributed by atoms with Gasteiger partial charge >= 0.3 is 0 Å². The molecule has 0 aliphatic heterocycles. The third kappa shape index (κ3) is 5.35. The summed E-state index contributed by atoms with van der Waals surface area (Å²) in [7, 11) is 0. The van der Waals surface area contributed by atoms with E-state index >= 15 is 0 Å². The fourth-order valence-corrected chi connectivity index (χ4v) is 1.88. The van der Waals surface area contributed by atoms with Crippen LogP contribution in [0.1, 0.15) is 47.0 Å². The third-order valence-electron chi connectivity index (χ3n) is 3.21. The van der Waals surface area contributed by atoms with Gasteiger partial charge in [0, 0.05) is 19.0 Å². The summed E-state index contributed by atoms with van der Waals surface area (Å²) in [6, 6.07) is 0.384. The van der Waals surface area contributed by atoms with Crippen molar-refractivity contribution in [2.24, 2.45) is 16.8 Å². The monoisotopic (exact) mass is 229 g/mol. The lowest BCUT2D eigenvalue weighted by Crippen LogP contribution is -2.40. The molecule has 0 rings (SSSR count). The molecule has 2 atom stereocenters. The van der Waals surface area contributed by atoms with Gasteiger partial charge in [0.05, 0.1) is 0 Å². The van der Waals surface area contributed by atoms with Crippen molar-refractivity contribution in [3.8, 4) is 0 Å². The molecule has 2 unspecified atom stereocenters. The molecule has 0 heterocycles. The zero-order valence-corrected chi connectivity index (χ0v) is 11.1. The van der Waals surface area contributed by atoms with E-state index in [4.69, 9.17) is 10.9 Å². The second-order valence-corrected chi connectivity index (χ2v) is 4.46. The molecule has 96 valence electrons. The summed E-state index contributed by atoms with van der Waals surface area (Å²) in [5, 5.41) is 11.7. The molecule has 0 aromatic carbocycles. The van der Waals surface area contributed by atoms with Crippen LogP contribution in [0.3, 0.4) is 0 Å². The molecule has 4 nitrogen and oxygen atoms in total. The fourth-order valence-electron chi connectivity index (χ4n) is 1.88. The zero-order valence-electron chi connectivity index (χ0n) is 11.1. The molecule has 0 fully saturated rings. The second kappa shape index (κ2) is 8.39. The zero-order chi connectivity index (χ0) is 12.6. The molecule has 0 aromatic heterocycles. The van der Waals surface area contributed by atoms with Crippen molar-refractivity contribution in [1.29, 1.82) is 0 Å². The van der Waals surface area contributed by atoms with E-state index in [-0.39, 0.29) is 0 Å². The van der Waals surface area contributed by atoms with Crippen LogP contribution in [0.5, 0.6) is 0 Å². The van der Waals surface area contributed by atoms with Crippen LogP contribution in [-0.2, 0) is 0 Å². The van der Waals surface area contributed by atoms with Crippen molar-refractivity contribution < 1.29 is 5.21 Å². The average Bonchev–Trinajstić information content (AvgIpc) is 2.32. The Balaban J connectivity index is 4.37. The molecular formula is C12H27N3O. The van der Waals surface area contributed by atoms with Gasteiger partial charge in [-0.2, -0.15) is 0 Å². The minimum atomic E-state index is 0.328. The molecule has 0 amide bonds. The van der Waals surface area contributed by atoms with E-state index in [0.717, 1.165) is 19.5 Å².